The smallest absolute Gasteiger partial charge is 0.134 e. The van der Waals surface area contributed by atoms with Crippen molar-refractivity contribution in [2.45, 2.75) is 26.3 Å². The highest BCUT2D eigenvalue weighted by molar-refractivity contribution is 5.39. The zero-order valence-electron chi connectivity index (χ0n) is 12.4. The van der Waals surface area contributed by atoms with Gasteiger partial charge in [0.2, 0.25) is 0 Å². The summed E-state index contributed by atoms with van der Waals surface area (Å²) in [5.74, 6) is -0.399. The summed E-state index contributed by atoms with van der Waals surface area (Å²) in [6.45, 7) is 4.40. The van der Waals surface area contributed by atoms with E-state index in [0.717, 1.165) is 11.3 Å². The maximum Gasteiger partial charge on any atom is 0.134 e. The first-order valence-corrected chi connectivity index (χ1v) is 6.94. The van der Waals surface area contributed by atoms with Gasteiger partial charge in [-0.25, -0.2) is 8.78 Å². The van der Waals surface area contributed by atoms with E-state index in [9.17, 15) is 8.78 Å². The number of halogens is 2. The molecule has 0 aliphatic carbocycles. The Labute approximate surface area is 122 Å². The standard InChI is InChI=1S/C16H19F2NO2/c1-4-14-11(6-7-21-14)16(19-5-2)15-12(17)8-10(20-3)9-13(15)18/h6-9,16,19H,4-5H2,1-3H3. The fraction of sp³-hybridized carbons (Fsp3) is 0.375. The highest BCUT2D eigenvalue weighted by atomic mass is 19.1. The third kappa shape index (κ3) is 3.08. The molecule has 1 aromatic heterocycles. The molecule has 1 heterocycles. The van der Waals surface area contributed by atoms with Crippen molar-refractivity contribution >= 4 is 0 Å². The highest BCUT2D eigenvalue weighted by Crippen LogP contribution is 2.32. The lowest BCUT2D eigenvalue weighted by molar-refractivity contribution is 0.403. The van der Waals surface area contributed by atoms with Gasteiger partial charge in [0, 0.05) is 29.7 Å². The van der Waals surface area contributed by atoms with Crippen LogP contribution in [0.3, 0.4) is 0 Å². The summed E-state index contributed by atoms with van der Waals surface area (Å²) in [7, 11) is 1.38. The Morgan fingerprint density at radius 2 is 1.90 bits per heavy atom. The van der Waals surface area contributed by atoms with E-state index in [2.05, 4.69) is 5.32 Å². The number of methoxy groups -OCH3 is 1. The van der Waals surface area contributed by atoms with E-state index in [1.807, 2.05) is 13.8 Å². The van der Waals surface area contributed by atoms with Crippen molar-refractivity contribution in [3.05, 3.63) is 53.0 Å². The van der Waals surface area contributed by atoms with Crippen LogP contribution in [0.4, 0.5) is 8.78 Å². The van der Waals surface area contributed by atoms with Gasteiger partial charge in [-0.05, 0) is 12.6 Å². The van der Waals surface area contributed by atoms with Gasteiger partial charge in [0.15, 0.2) is 0 Å². The Morgan fingerprint density at radius 3 is 2.43 bits per heavy atom. The van der Waals surface area contributed by atoms with Crippen molar-refractivity contribution in [3.8, 4) is 5.75 Å². The second-order valence-corrected chi connectivity index (χ2v) is 4.65. The van der Waals surface area contributed by atoms with Crippen molar-refractivity contribution in [2.75, 3.05) is 13.7 Å². The Bertz CT molecular complexity index is 587. The number of hydrogen-bond acceptors (Lipinski definition) is 3. The molecule has 2 aromatic rings. The molecule has 0 spiro atoms. The topological polar surface area (TPSA) is 34.4 Å². The summed E-state index contributed by atoms with van der Waals surface area (Å²) < 4.78 is 38.9. The predicted octanol–water partition coefficient (Wildman–Crippen LogP) is 3.83. The molecule has 2 rings (SSSR count). The molecule has 1 aromatic carbocycles. The Kier molecular flexibility index (Phi) is 4.96. The number of aryl methyl sites for hydroxylation is 1. The van der Waals surface area contributed by atoms with Crippen LogP contribution in [-0.2, 0) is 6.42 Å². The Balaban J connectivity index is 2.53. The van der Waals surface area contributed by atoms with Gasteiger partial charge in [-0.1, -0.05) is 13.8 Å². The zero-order valence-corrected chi connectivity index (χ0v) is 12.4. The summed E-state index contributed by atoms with van der Waals surface area (Å²) in [4.78, 5) is 0. The first-order valence-electron chi connectivity index (χ1n) is 6.94. The number of benzene rings is 1. The lowest BCUT2D eigenvalue weighted by Crippen LogP contribution is -2.24. The van der Waals surface area contributed by atoms with Gasteiger partial charge in [0.05, 0.1) is 19.4 Å². The monoisotopic (exact) mass is 295 g/mol. The molecule has 0 bridgehead atoms. The summed E-state index contributed by atoms with van der Waals surface area (Å²) in [5, 5.41) is 3.11. The molecule has 1 atom stereocenters. The minimum atomic E-state index is -0.638. The van der Waals surface area contributed by atoms with E-state index in [1.165, 1.54) is 25.5 Å². The average Bonchev–Trinajstić information content (AvgIpc) is 2.93. The average molecular weight is 295 g/mol. The molecule has 0 amide bonds. The van der Waals surface area contributed by atoms with Gasteiger partial charge in [0.25, 0.3) is 0 Å². The lowest BCUT2D eigenvalue weighted by atomic mass is 9.97. The fourth-order valence-corrected chi connectivity index (χ4v) is 2.42. The van der Waals surface area contributed by atoms with Gasteiger partial charge >= 0.3 is 0 Å². The second kappa shape index (κ2) is 6.72. The minimum Gasteiger partial charge on any atom is -0.497 e. The Hall–Kier alpha value is -1.88. The van der Waals surface area contributed by atoms with Crippen molar-refractivity contribution in [1.82, 2.24) is 5.32 Å². The summed E-state index contributed by atoms with van der Waals surface area (Å²) in [5.41, 5.74) is 0.732. The van der Waals surface area contributed by atoms with E-state index in [0.29, 0.717) is 13.0 Å². The number of nitrogens with one attached hydrogen (secondary N) is 1. The number of hydrogen-bond donors (Lipinski definition) is 1. The van der Waals surface area contributed by atoms with Crippen LogP contribution < -0.4 is 10.1 Å². The molecular weight excluding hydrogens is 276 g/mol. The molecule has 21 heavy (non-hydrogen) atoms. The maximum absolute atomic E-state index is 14.3. The van der Waals surface area contributed by atoms with Crippen LogP contribution >= 0.6 is 0 Å². The van der Waals surface area contributed by atoms with Crippen LogP contribution in [-0.4, -0.2) is 13.7 Å². The maximum atomic E-state index is 14.3. The van der Waals surface area contributed by atoms with E-state index >= 15 is 0 Å². The van der Waals surface area contributed by atoms with Gasteiger partial charge in [-0.15, -0.1) is 0 Å². The van der Waals surface area contributed by atoms with E-state index < -0.39 is 17.7 Å². The fourth-order valence-electron chi connectivity index (χ4n) is 2.42. The molecule has 0 aliphatic rings. The third-order valence-electron chi connectivity index (χ3n) is 3.40. The highest BCUT2D eigenvalue weighted by Gasteiger charge is 2.25. The first-order chi connectivity index (χ1) is 10.1. The molecule has 0 fully saturated rings. The van der Waals surface area contributed by atoms with Crippen LogP contribution in [0.15, 0.2) is 28.9 Å². The molecule has 5 heteroatoms. The molecule has 0 radical (unpaired) electrons. The molecule has 1 N–H and O–H groups in total. The lowest BCUT2D eigenvalue weighted by Gasteiger charge is -2.20. The summed E-state index contributed by atoms with van der Waals surface area (Å²) in [6, 6.07) is 3.53. The summed E-state index contributed by atoms with van der Waals surface area (Å²) >= 11 is 0. The quantitative estimate of drug-likeness (QED) is 0.879. The summed E-state index contributed by atoms with van der Waals surface area (Å²) in [6.07, 6.45) is 2.20. The van der Waals surface area contributed by atoms with Crippen molar-refractivity contribution in [1.29, 1.82) is 0 Å². The van der Waals surface area contributed by atoms with Crippen LogP contribution in [0.2, 0.25) is 0 Å². The zero-order chi connectivity index (χ0) is 15.4. The largest absolute Gasteiger partial charge is 0.497 e. The second-order valence-electron chi connectivity index (χ2n) is 4.65. The molecule has 3 nitrogen and oxygen atoms in total. The van der Waals surface area contributed by atoms with Crippen molar-refractivity contribution in [2.24, 2.45) is 0 Å². The molecule has 1 unspecified atom stereocenters. The van der Waals surface area contributed by atoms with Gasteiger partial charge < -0.3 is 14.5 Å². The number of rotatable bonds is 6. The van der Waals surface area contributed by atoms with Crippen molar-refractivity contribution < 1.29 is 17.9 Å². The van der Waals surface area contributed by atoms with E-state index in [4.69, 9.17) is 9.15 Å². The SMILES string of the molecule is CCNC(c1ccoc1CC)c1c(F)cc(OC)cc1F. The normalized spacial score (nSPS) is 12.4. The first kappa shape index (κ1) is 15.5. The molecular formula is C16H19F2NO2. The van der Waals surface area contributed by atoms with Crippen LogP contribution in [0.1, 0.15) is 36.8 Å². The van der Waals surface area contributed by atoms with Crippen LogP contribution in [0.5, 0.6) is 5.75 Å². The number of furan rings is 1. The van der Waals surface area contributed by atoms with Gasteiger partial charge in [-0.2, -0.15) is 0 Å². The molecule has 0 aliphatic heterocycles. The Morgan fingerprint density at radius 1 is 1.24 bits per heavy atom. The van der Waals surface area contributed by atoms with Crippen molar-refractivity contribution in [3.63, 3.8) is 0 Å². The molecule has 0 saturated heterocycles. The molecule has 114 valence electrons. The molecule has 0 saturated carbocycles. The van der Waals surface area contributed by atoms with E-state index in [-0.39, 0.29) is 11.3 Å². The van der Waals surface area contributed by atoms with E-state index in [1.54, 1.807) is 6.07 Å². The predicted molar refractivity (Wildman–Crippen MR) is 76.5 cm³/mol. The third-order valence-corrected chi connectivity index (χ3v) is 3.40. The van der Waals surface area contributed by atoms with Gasteiger partial charge in [0.1, 0.15) is 23.1 Å². The minimum absolute atomic E-state index is 0.0197. The van der Waals surface area contributed by atoms with Crippen LogP contribution in [0.25, 0.3) is 0 Å². The number of ether oxygens (including phenoxy) is 1. The van der Waals surface area contributed by atoms with Gasteiger partial charge in [-0.3, -0.25) is 0 Å². The van der Waals surface area contributed by atoms with Crippen LogP contribution in [0, 0.1) is 11.6 Å².